The number of carbonyl (C=O) groups is 4. The number of ether oxygens (including phenoxy) is 1. The molecule has 1 amide bonds. The summed E-state index contributed by atoms with van der Waals surface area (Å²) < 4.78 is 5.04. The van der Waals surface area contributed by atoms with E-state index in [4.69, 9.17) is 37.5 Å². The number of nitrogens with zero attached hydrogens (tertiary/aromatic N) is 1. The lowest BCUT2D eigenvalue weighted by Crippen LogP contribution is -2.08. The van der Waals surface area contributed by atoms with Crippen LogP contribution in [0.2, 0.25) is 5.02 Å². The fourth-order valence-corrected chi connectivity index (χ4v) is 5.02. The van der Waals surface area contributed by atoms with Gasteiger partial charge in [0.25, 0.3) is 5.78 Å². The number of nitrogens with one attached hydrogen (secondary N) is 3. The Morgan fingerprint density at radius 3 is 1.54 bits per heavy atom. The number of aromatic nitrogens is 1. The number of amides is 1. The van der Waals surface area contributed by atoms with Crippen LogP contribution < -0.4 is 32.5 Å². The molecular formula is C55H45ClN6O7. The van der Waals surface area contributed by atoms with Crippen molar-refractivity contribution in [2.45, 2.75) is 6.92 Å². The molecule has 1 aromatic heterocycles. The number of nitrogens with two attached hydrogens (primary N) is 2. The molecule has 7 N–H and O–H groups in total. The van der Waals surface area contributed by atoms with Crippen molar-refractivity contribution in [3.05, 3.63) is 222 Å². The van der Waals surface area contributed by atoms with Gasteiger partial charge in [0.2, 0.25) is 11.6 Å². The third-order valence-electron chi connectivity index (χ3n) is 8.09. The number of methoxy groups -OCH3 is 1. The van der Waals surface area contributed by atoms with Crippen molar-refractivity contribution in [3.8, 4) is 53.7 Å². The predicted molar refractivity (Wildman–Crippen MR) is 270 cm³/mol. The van der Waals surface area contributed by atoms with Gasteiger partial charge in [-0.25, -0.2) is 11.0 Å². The van der Waals surface area contributed by atoms with Crippen LogP contribution in [-0.4, -0.2) is 35.4 Å². The number of hydrogen-bond donors (Lipinski definition) is 5. The first kappa shape index (κ1) is 53.4. The largest absolute Gasteiger partial charge is 0.496 e. The minimum Gasteiger partial charge on any atom is -0.496 e. The van der Waals surface area contributed by atoms with Crippen LogP contribution in [0.25, 0.3) is 0 Å². The van der Waals surface area contributed by atoms with Gasteiger partial charge in [0.05, 0.1) is 23.5 Å². The van der Waals surface area contributed by atoms with Gasteiger partial charge in [-0.3, -0.25) is 24.2 Å². The number of benzene rings is 6. The molecule has 7 aromatic rings. The fourth-order valence-electron chi connectivity index (χ4n) is 4.84. The highest BCUT2D eigenvalue weighted by atomic mass is 35.5. The second-order valence-electron chi connectivity index (χ2n) is 13.0. The summed E-state index contributed by atoms with van der Waals surface area (Å²) >= 11 is 5.90. The van der Waals surface area contributed by atoms with E-state index >= 15 is 0 Å². The maximum atomic E-state index is 11.6. The number of rotatable bonds is 9. The van der Waals surface area contributed by atoms with Gasteiger partial charge in [-0.2, -0.15) is 0 Å². The molecule has 0 saturated heterocycles. The van der Waals surface area contributed by atoms with Gasteiger partial charge in [0, 0.05) is 52.9 Å². The third-order valence-corrected chi connectivity index (χ3v) is 8.42. The summed E-state index contributed by atoms with van der Waals surface area (Å²) in [4.78, 5) is 58.5. The monoisotopic (exact) mass is 936 g/mol. The lowest BCUT2D eigenvalue weighted by molar-refractivity contribution is -0.111. The van der Waals surface area contributed by atoms with E-state index in [2.05, 4.69) is 63.2 Å². The number of ketones is 3. The van der Waals surface area contributed by atoms with Gasteiger partial charge in [-0.1, -0.05) is 145 Å². The Morgan fingerprint density at radius 2 is 1.00 bits per heavy atom. The minimum atomic E-state index is -0.430. The Hall–Kier alpha value is -9.92. The van der Waals surface area contributed by atoms with Crippen molar-refractivity contribution >= 4 is 51.9 Å². The molecule has 344 valence electrons. The van der Waals surface area contributed by atoms with Gasteiger partial charge in [0.1, 0.15) is 11.4 Å². The van der Waals surface area contributed by atoms with E-state index in [1.54, 1.807) is 110 Å². The van der Waals surface area contributed by atoms with Crippen LogP contribution in [0.5, 0.6) is 5.75 Å². The van der Waals surface area contributed by atoms with Crippen molar-refractivity contribution in [2.75, 3.05) is 23.4 Å². The van der Waals surface area contributed by atoms with Crippen molar-refractivity contribution in [1.29, 1.82) is 0 Å². The molecule has 1 heterocycles. The molecule has 6 aromatic carbocycles. The topological polar surface area (TPSA) is 197 Å². The maximum absolute atomic E-state index is 11.6. The van der Waals surface area contributed by atoms with Gasteiger partial charge < -0.3 is 31.2 Å². The Bertz CT molecular complexity index is 2870. The Balaban J connectivity index is 0.000000236. The first-order valence-electron chi connectivity index (χ1n) is 20.3. The summed E-state index contributed by atoms with van der Waals surface area (Å²) in [5.74, 6) is 8.75. The summed E-state index contributed by atoms with van der Waals surface area (Å²) in [6, 6.07) is 60.1. The van der Waals surface area contributed by atoms with Gasteiger partial charge in [-0.15, -0.1) is 0 Å². The highest BCUT2D eigenvalue weighted by molar-refractivity contribution is 6.33. The van der Waals surface area contributed by atoms with Gasteiger partial charge in [-0.05, 0) is 73.0 Å². The van der Waals surface area contributed by atoms with Crippen LogP contribution >= 0.6 is 11.6 Å². The summed E-state index contributed by atoms with van der Waals surface area (Å²) in [6.45, 7) is 2.03. The average Bonchev–Trinajstić information content (AvgIpc) is 3.39. The van der Waals surface area contributed by atoms with Gasteiger partial charge >= 0.3 is 5.91 Å². The van der Waals surface area contributed by atoms with Crippen molar-refractivity contribution in [2.24, 2.45) is 11.5 Å². The highest BCUT2D eigenvalue weighted by Crippen LogP contribution is 2.20. The fraction of sp³-hybridized carbons (Fsp3) is 0.0364. The molecule has 13 nitrogen and oxygen atoms in total. The Labute approximate surface area is 406 Å². The quantitative estimate of drug-likeness (QED) is 0.0399. The van der Waals surface area contributed by atoms with E-state index in [0.717, 1.165) is 11.4 Å². The number of para-hydroxylation sites is 4. The zero-order valence-electron chi connectivity index (χ0n) is 37.3. The van der Waals surface area contributed by atoms with E-state index in [0.29, 0.717) is 33.2 Å². The first-order valence-corrected chi connectivity index (χ1v) is 20.7. The van der Waals surface area contributed by atoms with Crippen LogP contribution in [0.3, 0.4) is 0 Å². The second-order valence-corrected chi connectivity index (χ2v) is 13.4. The van der Waals surface area contributed by atoms with Crippen molar-refractivity contribution in [1.82, 2.24) is 4.98 Å². The second kappa shape index (κ2) is 32.7. The predicted octanol–water partition coefficient (Wildman–Crippen LogP) is 9.13. The van der Waals surface area contributed by atoms with E-state index in [1.165, 1.54) is 11.8 Å². The van der Waals surface area contributed by atoms with Crippen LogP contribution in [-0.2, 0) is 14.5 Å². The number of Topliss-reactive ketones (excluding diaryl/α,β-unsaturated/α-hetero) is 3. The molecule has 69 heavy (non-hydrogen) atoms. The number of hydrogen-bond acceptors (Lipinski definition) is 12. The van der Waals surface area contributed by atoms with Crippen molar-refractivity contribution in [3.63, 3.8) is 0 Å². The molecule has 0 fully saturated rings. The zero-order chi connectivity index (χ0) is 49.7. The SMILES string of the molecule is COc1ccccc1C.NC#CC(=O)c1ccccc1.NC#CC(=O)c1ccccn1.O=C(C#CONc1ccccc1)Nc1ccccc1.O=C(C#CONc1ccccc1Cl)c1ccccc1. The molecule has 0 aliphatic carbocycles. The summed E-state index contributed by atoms with van der Waals surface area (Å²) in [7, 11) is 1.68. The summed E-state index contributed by atoms with van der Waals surface area (Å²) in [6.07, 6.45) is 6.10. The Morgan fingerprint density at radius 1 is 0.522 bits per heavy atom. The Kier molecular flexibility index (Phi) is 25.3. The smallest absolute Gasteiger partial charge is 0.303 e. The molecule has 0 spiro atoms. The first-order chi connectivity index (χ1) is 33.6. The molecule has 0 aliphatic rings. The standard InChI is InChI=1S/C15H10ClNO2.C15H12N2O2.C9H7NO.C8H6N2O.C8H10O/c16-13-8-4-5-9-14(13)17-19-11-10-15(18)12-6-2-1-3-7-12;18-15(16-13-7-3-1-4-8-13)11-12-19-17-14-9-5-2-6-10-14;10-7-6-9(11)8-4-2-1-3-5-8;9-5-4-8(11)7-3-1-2-6-10-7;1-7-5-3-4-6-8(7)9-2/h1-9,17H;1-10,17H,(H,16,18);1-5H,10H2;1-3,6H,9H2;3-6H,1-2H3. The third kappa shape index (κ3) is 22.5. The molecule has 0 atom stereocenters. The van der Waals surface area contributed by atoms with E-state index in [1.807, 2.05) is 97.9 Å². The average molecular weight is 937 g/mol. The number of anilines is 3. The molecule has 0 saturated carbocycles. The molecule has 0 aliphatic heterocycles. The number of aryl methyl sites for hydroxylation is 1. The highest BCUT2D eigenvalue weighted by Gasteiger charge is 2.02. The van der Waals surface area contributed by atoms with Gasteiger partial charge in [0.15, 0.2) is 12.2 Å². The molecule has 14 heteroatoms. The molecular weight excluding hydrogens is 892 g/mol. The number of pyridine rings is 1. The molecule has 7 rings (SSSR count). The lowest BCUT2D eigenvalue weighted by Gasteiger charge is -2.02. The maximum Gasteiger partial charge on any atom is 0.303 e. The van der Waals surface area contributed by atoms with E-state index in [-0.39, 0.29) is 17.3 Å². The van der Waals surface area contributed by atoms with Crippen LogP contribution in [0.1, 0.15) is 36.8 Å². The van der Waals surface area contributed by atoms with Crippen LogP contribution in [0.4, 0.5) is 17.1 Å². The minimum absolute atomic E-state index is 0.242. The number of carbonyl (C=O) groups excluding carboxylic acids is 4. The van der Waals surface area contributed by atoms with Crippen LogP contribution in [0, 0.1) is 54.9 Å². The summed E-state index contributed by atoms with van der Waals surface area (Å²) in [5, 5.41) is 3.13. The molecule has 0 unspecified atom stereocenters. The zero-order valence-corrected chi connectivity index (χ0v) is 38.1. The lowest BCUT2D eigenvalue weighted by atomic mass is 10.1. The van der Waals surface area contributed by atoms with E-state index in [9.17, 15) is 19.2 Å². The normalized spacial score (nSPS) is 8.68. The molecule has 0 bridgehead atoms. The number of halogens is 1. The van der Waals surface area contributed by atoms with Crippen molar-refractivity contribution < 1.29 is 33.6 Å². The van der Waals surface area contributed by atoms with E-state index < -0.39 is 5.91 Å². The van der Waals surface area contributed by atoms with Crippen LogP contribution in [0.15, 0.2) is 194 Å². The summed E-state index contributed by atoms with van der Waals surface area (Å²) in [5.41, 5.74) is 19.6. The molecule has 0 radical (unpaired) electrons.